The average Bonchev–Trinajstić information content (AvgIpc) is 3.04. The van der Waals surface area contributed by atoms with Crippen LogP contribution in [0.5, 0.6) is 0 Å². The highest BCUT2D eigenvalue weighted by molar-refractivity contribution is 7.89. The number of fused-ring (bicyclic) bond motifs is 1. The van der Waals surface area contributed by atoms with Crippen molar-refractivity contribution in [1.82, 2.24) is 8.87 Å². The topological polar surface area (TPSA) is 81.0 Å². The van der Waals surface area contributed by atoms with Gasteiger partial charge in [-0.25, -0.2) is 12.8 Å². The van der Waals surface area contributed by atoms with Gasteiger partial charge in [-0.1, -0.05) is 23.5 Å². The number of para-hydroxylation sites is 1. The van der Waals surface area contributed by atoms with E-state index >= 15 is 0 Å². The Morgan fingerprint density at radius 3 is 2.62 bits per heavy atom. The third-order valence-electron chi connectivity index (χ3n) is 4.69. The maximum atomic E-state index is 14.3. The summed E-state index contributed by atoms with van der Waals surface area (Å²) in [5.74, 6) is -1.65. The van der Waals surface area contributed by atoms with Crippen molar-refractivity contribution < 1.29 is 22.3 Å². The van der Waals surface area contributed by atoms with Crippen LogP contribution in [0.3, 0.4) is 0 Å². The molecule has 0 saturated carbocycles. The van der Waals surface area contributed by atoms with Crippen molar-refractivity contribution in [3.63, 3.8) is 0 Å². The summed E-state index contributed by atoms with van der Waals surface area (Å²) in [7, 11) is -2.08. The molecule has 0 spiro atoms. The fraction of sp³-hybridized carbons (Fsp3) is 0.263. The Morgan fingerprint density at radius 2 is 1.90 bits per heavy atom. The Labute approximate surface area is 170 Å². The molecule has 1 aliphatic rings. The lowest BCUT2D eigenvalue weighted by Crippen LogP contribution is -2.40. The van der Waals surface area contributed by atoms with Crippen molar-refractivity contribution in [3.05, 3.63) is 58.6 Å². The van der Waals surface area contributed by atoms with Crippen molar-refractivity contribution in [2.75, 3.05) is 26.3 Å². The number of thiazole rings is 1. The summed E-state index contributed by atoms with van der Waals surface area (Å²) < 4.78 is 49.1. The number of carbonyl (C=O) groups is 1. The van der Waals surface area contributed by atoms with E-state index in [-0.39, 0.29) is 23.5 Å². The number of nitrogens with zero attached hydrogens (tertiary/aromatic N) is 3. The van der Waals surface area contributed by atoms with Crippen LogP contribution in [0.2, 0.25) is 0 Å². The van der Waals surface area contributed by atoms with Crippen LogP contribution >= 0.6 is 11.3 Å². The summed E-state index contributed by atoms with van der Waals surface area (Å²) in [6.07, 6.45) is 0. The molecule has 4 rings (SSSR count). The molecule has 1 fully saturated rings. The van der Waals surface area contributed by atoms with Gasteiger partial charge in [0.25, 0.3) is 5.91 Å². The number of benzene rings is 2. The normalized spacial score (nSPS) is 16.4. The third kappa shape index (κ3) is 3.76. The van der Waals surface area contributed by atoms with Gasteiger partial charge in [0, 0.05) is 20.1 Å². The maximum Gasteiger partial charge on any atom is 0.282 e. The number of hydrogen-bond donors (Lipinski definition) is 0. The SMILES string of the molecule is Cn1c(=NC(=O)c2cc(S(=O)(=O)N3CCOCC3)ccc2F)sc2ccccc21. The van der Waals surface area contributed by atoms with Crippen molar-refractivity contribution >= 4 is 37.5 Å². The van der Waals surface area contributed by atoms with E-state index in [4.69, 9.17) is 4.74 Å². The van der Waals surface area contributed by atoms with Crippen LogP contribution in [0, 0.1) is 5.82 Å². The zero-order valence-electron chi connectivity index (χ0n) is 15.5. The summed E-state index contributed by atoms with van der Waals surface area (Å²) in [5.41, 5.74) is 0.518. The molecule has 2 aromatic carbocycles. The standard InChI is InChI=1S/C19H18FN3O4S2/c1-22-16-4-2-3-5-17(16)28-19(22)21-18(24)14-12-13(6-7-15(14)20)29(25,26)23-8-10-27-11-9-23/h2-7,12H,8-11H2,1H3. The molecule has 1 amide bonds. The Kier molecular flexibility index (Phi) is 5.34. The summed E-state index contributed by atoms with van der Waals surface area (Å²) >= 11 is 1.30. The first-order chi connectivity index (χ1) is 13.9. The molecule has 10 heteroatoms. The van der Waals surface area contributed by atoms with Crippen LogP contribution in [0.15, 0.2) is 52.4 Å². The molecule has 0 bridgehead atoms. The quantitative estimate of drug-likeness (QED) is 0.631. The first-order valence-corrected chi connectivity index (χ1v) is 11.1. The van der Waals surface area contributed by atoms with Gasteiger partial charge >= 0.3 is 0 Å². The summed E-state index contributed by atoms with van der Waals surface area (Å²) in [4.78, 5) is 17.0. The number of sulfonamides is 1. The Balaban J connectivity index is 1.74. The summed E-state index contributed by atoms with van der Waals surface area (Å²) in [6, 6.07) is 10.8. The van der Waals surface area contributed by atoms with Crippen LogP contribution in [0.25, 0.3) is 10.2 Å². The number of rotatable bonds is 3. The molecule has 3 aromatic rings. The van der Waals surface area contributed by atoms with Crippen LogP contribution in [0.4, 0.5) is 4.39 Å². The van der Waals surface area contributed by atoms with Crippen LogP contribution < -0.4 is 4.80 Å². The molecule has 0 aliphatic carbocycles. The molecule has 152 valence electrons. The van der Waals surface area contributed by atoms with E-state index in [0.717, 1.165) is 28.4 Å². The molecule has 0 unspecified atom stereocenters. The zero-order valence-corrected chi connectivity index (χ0v) is 17.2. The lowest BCUT2D eigenvalue weighted by molar-refractivity contribution is 0.0730. The Hall–Kier alpha value is -2.40. The first kappa shape index (κ1) is 19.9. The number of aromatic nitrogens is 1. The molecule has 0 radical (unpaired) electrons. The van der Waals surface area contributed by atoms with Crippen molar-refractivity contribution in [2.24, 2.45) is 12.0 Å². The van der Waals surface area contributed by atoms with E-state index in [9.17, 15) is 17.6 Å². The number of ether oxygens (including phenoxy) is 1. The van der Waals surface area contributed by atoms with Gasteiger partial charge in [0.05, 0.1) is 33.9 Å². The van der Waals surface area contributed by atoms with Crippen LogP contribution in [-0.4, -0.2) is 49.5 Å². The van der Waals surface area contributed by atoms with Crippen molar-refractivity contribution in [3.8, 4) is 0 Å². The minimum Gasteiger partial charge on any atom is -0.379 e. The average molecular weight is 436 g/mol. The molecule has 29 heavy (non-hydrogen) atoms. The minimum absolute atomic E-state index is 0.139. The molecule has 1 aromatic heterocycles. The largest absolute Gasteiger partial charge is 0.379 e. The van der Waals surface area contributed by atoms with E-state index in [0.29, 0.717) is 18.0 Å². The lowest BCUT2D eigenvalue weighted by atomic mass is 10.2. The summed E-state index contributed by atoms with van der Waals surface area (Å²) in [6.45, 7) is 1.02. The predicted octanol–water partition coefficient (Wildman–Crippen LogP) is 2.14. The fourth-order valence-corrected chi connectivity index (χ4v) is 5.55. The van der Waals surface area contributed by atoms with Gasteiger partial charge in [-0.15, -0.1) is 0 Å². The number of aryl methyl sites for hydroxylation is 1. The summed E-state index contributed by atoms with van der Waals surface area (Å²) in [5, 5.41) is 0. The van der Waals surface area contributed by atoms with Crippen LogP contribution in [0.1, 0.15) is 10.4 Å². The van der Waals surface area contributed by atoms with E-state index in [1.165, 1.54) is 15.6 Å². The molecular weight excluding hydrogens is 417 g/mol. The molecule has 1 aliphatic heterocycles. The predicted molar refractivity (Wildman–Crippen MR) is 107 cm³/mol. The van der Waals surface area contributed by atoms with E-state index < -0.39 is 21.7 Å². The molecule has 1 saturated heterocycles. The monoisotopic (exact) mass is 435 g/mol. The number of hydrogen-bond acceptors (Lipinski definition) is 5. The van der Waals surface area contributed by atoms with E-state index in [2.05, 4.69) is 4.99 Å². The first-order valence-electron chi connectivity index (χ1n) is 8.89. The second-order valence-electron chi connectivity index (χ2n) is 6.49. The van der Waals surface area contributed by atoms with Crippen LogP contribution in [-0.2, 0) is 21.8 Å². The van der Waals surface area contributed by atoms with Gasteiger partial charge < -0.3 is 9.30 Å². The third-order valence-corrected chi connectivity index (χ3v) is 7.70. The Morgan fingerprint density at radius 1 is 1.17 bits per heavy atom. The molecule has 2 heterocycles. The fourth-order valence-electron chi connectivity index (χ4n) is 3.10. The molecule has 0 atom stereocenters. The molecule has 0 N–H and O–H groups in total. The van der Waals surface area contributed by atoms with Gasteiger partial charge in [-0.2, -0.15) is 9.30 Å². The highest BCUT2D eigenvalue weighted by atomic mass is 32.2. The molecule has 7 nitrogen and oxygen atoms in total. The van der Waals surface area contributed by atoms with Gasteiger partial charge in [0.15, 0.2) is 4.80 Å². The number of morpholine rings is 1. The minimum atomic E-state index is -3.85. The van der Waals surface area contributed by atoms with Crippen molar-refractivity contribution in [1.29, 1.82) is 0 Å². The van der Waals surface area contributed by atoms with Gasteiger partial charge in [-0.05, 0) is 30.3 Å². The second-order valence-corrected chi connectivity index (χ2v) is 9.43. The van der Waals surface area contributed by atoms with Gasteiger partial charge in [0.1, 0.15) is 5.82 Å². The smallest absolute Gasteiger partial charge is 0.282 e. The number of carbonyl (C=O) groups excluding carboxylic acids is 1. The van der Waals surface area contributed by atoms with Crippen molar-refractivity contribution in [2.45, 2.75) is 4.90 Å². The molecular formula is C19H18FN3O4S2. The lowest BCUT2D eigenvalue weighted by Gasteiger charge is -2.26. The van der Waals surface area contributed by atoms with E-state index in [1.807, 2.05) is 24.3 Å². The highest BCUT2D eigenvalue weighted by Gasteiger charge is 2.28. The zero-order chi connectivity index (χ0) is 20.6. The van der Waals surface area contributed by atoms with E-state index in [1.54, 1.807) is 11.6 Å². The number of amides is 1. The Bertz CT molecular complexity index is 1260. The highest BCUT2D eigenvalue weighted by Crippen LogP contribution is 2.21. The maximum absolute atomic E-state index is 14.3. The number of halogens is 1. The second kappa shape index (κ2) is 7.79. The van der Waals surface area contributed by atoms with Gasteiger partial charge in [0.2, 0.25) is 10.0 Å². The van der Waals surface area contributed by atoms with Gasteiger partial charge in [-0.3, -0.25) is 4.79 Å².